The van der Waals surface area contributed by atoms with E-state index in [-0.39, 0.29) is 12.0 Å². The Morgan fingerprint density at radius 3 is 1.47 bits per heavy atom. The summed E-state index contributed by atoms with van der Waals surface area (Å²) in [6.45, 7) is 38.0. The van der Waals surface area contributed by atoms with E-state index >= 15 is 0 Å². The Kier molecular flexibility index (Phi) is 15.0. The lowest BCUT2D eigenvalue weighted by atomic mass is 9.67. The van der Waals surface area contributed by atoms with Crippen molar-refractivity contribution < 1.29 is 0 Å². The van der Waals surface area contributed by atoms with Gasteiger partial charge in [0, 0.05) is 28.4 Å². The van der Waals surface area contributed by atoms with Crippen molar-refractivity contribution >= 4 is 81.5 Å². The molecule has 8 heteroatoms. The van der Waals surface area contributed by atoms with Crippen LogP contribution >= 0.6 is 0 Å². The Balaban J connectivity index is 1.07. The second-order valence-electron chi connectivity index (χ2n) is 27.5. The molecule has 0 aliphatic heterocycles. The number of anilines is 4. The van der Waals surface area contributed by atoms with Crippen LogP contribution in [0.15, 0.2) is 264 Å². The maximum atomic E-state index is 11.1. The first-order valence-corrected chi connectivity index (χ1v) is 44.3. The van der Waals surface area contributed by atoms with E-state index in [9.17, 15) is 5.26 Å². The van der Waals surface area contributed by atoms with Crippen LogP contribution in [0.1, 0.15) is 5.56 Å². The molecule has 4 aliphatic carbocycles. The molecule has 4 nitrogen and oxygen atoms in total. The lowest BCUT2D eigenvalue weighted by molar-refractivity contribution is 0.773. The number of hydrogen-bond donors (Lipinski definition) is 0. The first-order valence-electron chi connectivity index (χ1n) is 30.3. The molecule has 0 radical (unpaired) electrons. The molecule has 0 N–H and O–H groups in total. The van der Waals surface area contributed by atoms with Gasteiger partial charge in [0.15, 0.2) is 0 Å². The smallest absolute Gasteiger partial charge is 0.210 e. The summed E-state index contributed by atoms with van der Waals surface area (Å²) < 4.78 is 0. The molecule has 0 spiro atoms. The fourth-order valence-electron chi connectivity index (χ4n) is 13.6. The Morgan fingerprint density at radius 2 is 0.919 bits per heavy atom. The monoisotopic (exact) mass is 1180 g/mol. The molecule has 0 aromatic heterocycles. The van der Waals surface area contributed by atoms with Gasteiger partial charge in [0.25, 0.3) is 0 Å². The number of hydrogen-bond acceptors (Lipinski definition) is 3. The van der Waals surface area contributed by atoms with Crippen molar-refractivity contribution in [1.29, 1.82) is 5.26 Å². The minimum atomic E-state index is -1.93. The van der Waals surface area contributed by atoms with Gasteiger partial charge in [-0.25, -0.2) is 4.85 Å². The average Bonchev–Trinajstić information content (AvgIpc) is 0.799. The highest BCUT2D eigenvalue weighted by Gasteiger charge is 2.42. The molecule has 8 aromatic rings. The van der Waals surface area contributed by atoms with Crippen molar-refractivity contribution in [2.75, 3.05) is 9.80 Å². The highest BCUT2D eigenvalue weighted by molar-refractivity contribution is 6.91. The zero-order valence-corrected chi connectivity index (χ0v) is 55.9. The summed E-state index contributed by atoms with van der Waals surface area (Å²) in [5.41, 5.74) is 21.8. The Labute approximate surface area is 515 Å². The van der Waals surface area contributed by atoms with Gasteiger partial charge in [-0.1, -0.05) is 281 Å². The van der Waals surface area contributed by atoms with Gasteiger partial charge in [-0.05, 0) is 110 Å². The van der Waals surface area contributed by atoms with Crippen LogP contribution in [0.4, 0.5) is 28.4 Å². The van der Waals surface area contributed by atoms with Crippen LogP contribution in [0, 0.1) is 23.8 Å². The first kappa shape index (κ1) is 57.8. The third-order valence-corrected chi connectivity index (χ3v) is 25.8. The van der Waals surface area contributed by atoms with Gasteiger partial charge >= 0.3 is 0 Å². The molecule has 0 saturated carbocycles. The van der Waals surface area contributed by atoms with E-state index in [1.54, 1.807) is 0 Å². The molecule has 12 rings (SSSR count). The van der Waals surface area contributed by atoms with Gasteiger partial charge in [0.1, 0.15) is 6.07 Å². The average molecular weight is 1180 g/mol. The van der Waals surface area contributed by atoms with Crippen molar-refractivity contribution in [3.8, 4) is 50.6 Å². The summed E-state index contributed by atoms with van der Waals surface area (Å²) >= 11 is 0. The van der Waals surface area contributed by atoms with Crippen LogP contribution in [0.2, 0.25) is 78.6 Å². The van der Waals surface area contributed by atoms with Gasteiger partial charge < -0.3 is 9.80 Å². The number of benzene rings is 8. The second kappa shape index (κ2) is 22.3. The number of para-hydroxylation sites is 3. The highest BCUT2D eigenvalue weighted by atomic mass is 28.3. The maximum Gasteiger partial charge on any atom is 0.210 e. The third-order valence-electron chi connectivity index (χ3n) is 17.6. The van der Waals surface area contributed by atoms with Gasteiger partial charge in [0.2, 0.25) is 5.69 Å². The fraction of sp³-hybridized carbons (Fsp3) is 0.179. The molecule has 0 saturated heterocycles. The van der Waals surface area contributed by atoms with Crippen LogP contribution in [0.25, 0.3) is 49.4 Å². The molecular weight excluding hydrogens is 1110 g/mol. The van der Waals surface area contributed by atoms with Gasteiger partial charge in [-0.3, -0.25) is 0 Å². The third kappa shape index (κ3) is 10.5. The van der Waals surface area contributed by atoms with Gasteiger partial charge in [-0.15, -0.1) is 0 Å². The van der Waals surface area contributed by atoms with Crippen LogP contribution in [-0.4, -0.2) is 38.3 Å². The highest BCUT2D eigenvalue weighted by Crippen LogP contribution is 2.54. The Bertz CT molecular complexity index is 4390. The van der Waals surface area contributed by atoms with E-state index in [1.165, 1.54) is 82.0 Å². The summed E-state index contributed by atoms with van der Waals surface area (Å²) in [6, 6.07) is 69.0. The normalized spacial score (nSPS) is 16.3. The zero-order valence-electron chi connectivity index (χ0n) is 51.9. The fourth-order valence-corrected chi connectivity index (χ4v) is 20.1. The zero-order chi connectivity index (χ0) is 60.5. The molecule has 2 atom stereocenters. The van der Waals surface area contributed by atoms with Crippen LogP contribution in [-0.2, 0) is 0 Å². The molecule has 8 aromatic carbocycles. The predicted octanol–water partition coefficient (Wildman–Crippen LogP) is 19.0. The topological polar surface area (TPSA) is 34.6 Å². The standard InChI is InChI=1S/C78H76N4Si4/c1-80-66-31-19-21-33-72(66)82(71-49-43-56(59-28-16-23-35-74(59)84(5,6)7)51-65(71)61-30-18-25-37-76(61)86(11,12)13)69-47-41-54-38-44-62-68(46-40-53-39-45-63(69)78(54)77(53)62)81(67-32-20-14-26-57(67)52-79)70-48-42-55(58-27-15-22-34-73(58)83(2,3)4)50-64(70)60-29-17-24-36-75(60)85(8,9)10/h14-51,68,78H,2-13H3. The van der Waals surface area contributed by atoms with Gasteiger partial charge in [0.05, 0.1) is 67.5 Å². The molecule has 4 aliphatic rings. The summed E-state index contributed by atoms with van der Waals surface area (Å²) in [4.78, 5) is 9.14. The minimum absolute atomic E-state index is 0.119. The minimum Gasteiger partial charge on any atom is -0.329 e. The van der Waals surface area contributed by atoms with Crippen LogP contribution < -0.4 is 30.5 Å². The number of nitrogens with zero attached hydrogens (tertiary/aromatic N) is 4. The van der Waals surface area contributed by atoms with Crippen molar-refractivity contribution in [3.05, 3.63) is 281 Å². The summed E-state index contributed by atoms with van der Waals surface area (Å²) in [5, 5.41) is 16.8. The van der Waals surface area contributed by atoms with E-state index in [4.69, 9.17) is 6.57 Å². The van der Waals surface area contributed by atoms with Crippen molar-refractivity contribution in [2.24, 2.45) is 5.92 Å². The van der Waals surface area contributed by atoms with Crippen molar-refractivity contribution in [3.63, 3.8) is 0 Å². The quantitative estimate of drug-likeness (QED) is 0.0804. The molecule has 0 heterocycles. The molecular formula is C78H76N4Si4. The van der Waals surface area contributed by atoms with Crippen molar-refractivity contribution in [1.82, 2.24) is 0 Å². The molecule has 0 fully saturated rings. The number of nitriles is 1. The number of allylic oxidation sites excluding steroid dienone is 10. The predicted molar refractivity (Wildman–Crippen MR) is 380 cm³/mol. The number of rotatable bonds is 14. The Morgan fingerprint density at radius 1 is 0.442 bits per heavy atom. The first-order chi connectivity index (χ1) is 41.1. The maximum absolute atomic E-state index is 11.1. The molecule has 86 heavy (non-hydrogen) atoms. The largest absolute Gasteiger partial charge is 0.329 e. The van der Waals surface area contributed by atoms with Crippen LogP contribution in [0.3, 0.4) is 0 Å². The van der Waals surface area contributed by atoms with Gasteiger partial charge in [-0.2, -0.15) is 5.26 Å². The van der Waals surface area contributed by atoms with Crippen molar-refractivity contribution in [2.45, 2.75) is 84.6 Å². The molecule has 0 bridgehead atoms. The molecule has 2 unspecified atom stereocenters. The van der Waals surface area contributed by atoms with E-state index < -0.39 is 32.3 Å². The lowest BCUT2D eigenvalue weighted by Crippen LogP contribution is -2.40. The lowest BCUT2D eigenvalue weighted by Gasteiger charge is -2.44. The van der Waals surface area contributed by atoms with E-state index in [0.29, 0.717) is 11.3 Å². The summed E-state index contributed by atoms with van der Waals surface area (Å²) in [5.74, 6) is -0.119. The second-order valence-corrected chi connectivity index (χ2v) is 47.6. The van der Waals surface area contributed by atoms with Crippen LogP contribution in [0.5, 0.6) is 0 Å². The Hall–Kier alpha value is -8.61. The molecule has 424 valence electrons. The SMILES string of the molecule is [C-]#[N+]c1ccccc1N(C1=C2C=CC3=C4C(=CC=C(C=C1)C24)C(N(c1ccccc1C#N)c1ccc(-c2ccccc2[Si](C)(C)C)cc1-c1ccccc1[Si](C)(C)C)C=C3)c1ccc(-c2ccccc2[Si](C)(C)C)cc1-c1ccccc1[Si](C)(C)C. The molecule has 0 amide bonds. The summed E-state index contributed by atoms with van der Waals surface area (Å²) in [7, 11) is -7.38. The summed E-state index contributed by atoms with van der Waals surface area (Å²) in [6.07, 6.45) is 18.7. The van der Waals surface area contributed by atoms with E-state index in [2.05, 4.69) is 306 Å². The van der Waals surface area contributed by atoms with E-state index in [1.807, 2.05) is 24.3 Å². The van der Waals surface area contributed by atoms with E-state index in [0.717, 1.165) is 39.6 Å².